The SMILES string of the molecule is CN(C)n1cc(C(=O)O)c(=O)c2cc(CCCOCCC(=O)O)ccc21. The second kappa shape index (κ2) is 8.48. The minimum absolute atomic E-state index is 0.0297. The van der Waals surface area contributed by atoms with E-state index in [9.17, 15) is 19.5 Å². The van der Waals surface area contributed by atoms with Gasteiger partial charge in [0.1, 0.15) is 5.56 Å². The van der Waals surface area contributed by atoms with Crippen LogP contribution >= 0.6 is 0 Å². The summed E-state index contributed by atoms with van der Waals surface area (Å²) in [6, 6.07) is 5.39. The summed E-state index contributed by atoms with van der Waals surface area (Å²) >= 11 is 0. The van der Waals surface area contributed by atoms with Gasteiger partial charge in [0.2, 0.25) is 5.43 Å². The van der Waals surface area contributed by atoms with Gasteiger partial charge in [-0.15, -0.1) is 0 Å². The molecule has 0 aliphatic heterocycles. The van der Waals surface area contributed by atoms with Crippen LogP contribution in [0.4, 0.5) is 0 Å². The average Bonchev–Trinajstić information content (AvgIpc) is 2.57. The number of carboxylic acids is 2. The fourth-order valence-electron chi connectivity index (χ4n) is 2.64. The molecule has 2 N–H and O–H groups in total. The Bertz CT molecular complexity index is 872. The molecular formula is C18H22N2O6. The van der Waals surface area contributed by atoms with E-state index in [0.717, 1.165) is 5.56 Å². The van der Waals surface area contributed by atoms with Crippen LogP contribution in [-0.2, 0) is 16.0 Å². The van der Waals surface area contributed by atoms with Crippen LogP contribution in [0.3, 0.4) is 0 Å². The van der Waals surface area contributed by atoms with Gasteiger partial charge < -0.3 is 20.0 Å². The Balaban J connectivity index is 2.21. The molecule has 0 bridgehead atoms. The number of aryl methyl sites for hydroxylation is 1. The molecule has 140 valence electrons. The zero-order valence-corrected chi connectivity index (χ0v) is 14.8. The van der Waals surface area contributed by atoms with Crippen molar-refractivity contribution in [2.45, 2.75) is 19.3 Å². The number of carboxylic acid groups (broad SMARTS) is 2. The number of aliphatic carboxylic acids is 1. The monoisotopic (exact) mass is 362 g/mol. The number of aromatic carboxylic acids is 1. The van der Waals surface area contributed by atoms with E-state index < -0.39 is 17.4 Å². The smallest absolute Gasteiger partial charge is 0.341 e. The van der Waals surface area contributed by atoms with Gasteiger partial charge in [-0.25, -0.2) is 4.79 Å². The summed E-state index contributed by atoms with van der Waals surface area (Å²) < 4.78 is 6.87. The van der Waals surface area contributed by atoms with Crippen molar-refractivity contribution in [3.05, 3.63) is 45.7 Å². The largest absolute Gasteiger partial charge is 0.481 e. The number of ether oxygens (including phenoxy) is 1. The number of carbonyl (C=O) groups is 2. The summed E-state index contributed by atoms with van der Waals surface area (Å²) in [5.74, 6) is -2.16. The van der Waals surface area contributed by atoms with Gasteiger partial charge in [0.05, 0.1) is 18.5 Å². The molecule has 0 spiro atoms. The van der Waals surface area contributed by atoms with Crippen LogP contribution < -0.4 is 10.4 Å². The Morgan fingerprint density at radius 2 is 1.92 bits per heavy atom. The van der Waals surface area contributed by atoms with Crippen molar-refractivity contribution < 1.29 is 24.5 Å². The summed E-state index contributed by atoms with van der Waals surface area (Å²) in [7, 11) is 3.52. The molecule has 0 saturated heterocycles. The van der Waals surface area contributed by atoms with E-state index in [1.165, 1.54) is 6.20 Å². The van der Waals surface area contributed by atoms with Crippen LogP contribution in [0.25, 0.3) is 10.9 Å². The highest BCUT2D eigenvalue weighted by atomic mass is 16.5. The van der Waals surface area contributed by atoms with Crippen LogP contribution in [0.1, 0.15) is 28.8 Å². The van der Waals surface area contributed by atoms with Gasteiger partial charge in [0.15, 0.2) is 0 Å². The molecule has 0 fully saturated rings. The lowest BCUT2D eigenvalue weighted by Gasteiger charge is -2.20. The zero-order valence-electron chi connectivity index (χ0n) is 14.8. The third-order valence-electron chi connectivity index (χ3n) is 3.92. The quantitative estimate of drug-likeness (QED) is 0.648. The molecule has 2 aromatic rings. The van der Waals surface area contributed by atoms with Crippen molar-refractivity contribution in [1.82, 2.24) is 4.68 Å². The van der Waals surface area contributed by atoms with Gasteiger partial charge in [-0.05, 0) is 30.5 Å². The van der Waals surface area contributed by atoms with Gasteiger partial charge in [-0.2, -0.15) is 0 Å². The number of fused-ring (bicyclic) bond motifs is 1. The summed E-state index contributed by atoms with van der Waals surface area (Å²) in [5.41, 5.74) is 0.737. The van der Waals surface area contributed by atoms with Crippen molar-refractivity contribution in [3.8, 4) is 0 Å². The second-order valence-electron chi connectivity index (χ2n) is 6.08. The molecule has 2 rings (SSSR count). The lowest BCUT2D eigenvalue weighted by atomic mass is 10.0. The maximum Gasteiger partial charge on any atom is 0.341 e. The van der Waals surface area contributed by atoms with Gasteiger partial charge in [0.25, 0.3) is 0 Å². The molecule has 0 unspecified atom stereocenters. The molecule has 8 nitrogen and oxygen atoms in total. The maximum absolute atomic E-state index is 12.5. The Morgan fingerprint density at radius 3 is 2.54 bits per heavy atom. The van der Waals surface area contributed by atoms with Gasteiger partial charge >= 0.3 is 11.9 Å². The fraction of sp³-hybridized carbons (Fsp3) is 0.389. The van der Waals surface area contributed by atoms with Crippen LogP contribution in [0.15, 0.2) is 29.2 Å². The third kappa shape index (κ3) is 4.60. The van der Waals surface area contributed by atoms with Crippen LogP contribution in [0.5, 0.6) is 0 Å². The Labute approximate surface area is 150 Å². The average molecular weight is 362 g/mol. The lowest BCUT2D eigenvalue weighted by molar-refractivity contribution is -0.138. The molecule has 1 heterocycles. The minimum Gasteiger partial charge on any atom is -0.481 e. The maximum atomic E-state index is 12.5. The standard InChI is InChI=1S/C18H22N2O6/c1-19(2)20-11-14(18(24)25)17(23)13-10-12(5-6-15(13)20)4-3-8-26-9-7-16(21)22/h5-6,10-11H,3-4,7-9H2,1-2H3,(H,21,22)(H,24,25). The van der Waals surface area contributed by atoms with Crippen molar-refractivity contribution in [1.29, 1.82) is 0 Å². The predicted octanol–water partition coefficient (Wildman–Crippen LogP) is 1.32. The highest BCUT2D eigenvalue weighted by molar-refractivity contribution is 5.92. The summed E-state index contributed by atoms with van der Waals surface area (Å²) in [4.78, 5) is 34.2. The van der Waals surface area contributed by atoms with E-state index in [1.807, 2.05) is 6.07 Å². The topological polar surface area (TPSA) is 109 Å². The molecule has 0 aliphatic rings. The van der Waals surface area contributed by atoms with Gasteiger partial charge in [-0.3, -0.25) is 14.3 Å². The normalized spacial score (nSPS) is 10.8. The molecular weight excluding hydrogens is 340 g/mol. The Morgan fingerprint density at radius 1 is 1.19 bits per heavy atom. The number of aromatic nitrogens is 1. The number of nitrogens with zero attached hydrogens (tertiary/aromatic N) is 2. The molecule has 0 saturated carbocycles. The van der Waals surface area contributed by atoms with Crippen molar-refractivity contribution >= 4 is 22.8 Å². The van der Waals surface area contributed by atoms with E-state index in [0.29, 0.717) is 30.4 Å². The van der Waals surface area contributed by atoms with Gasteiger partial charge in [0, 0.05) is 32.3 Å². The molecule has 26 heavy (non-hydrogen) atoms. The minimum atomic E-state index is -1.26. The van der Waals surface area contributed by atoms with Crippen molar-refractivity contribution in [2.75, 3.05) is 32.3 Å². The zero-order chi connectivity index (χ0) is 19.3. The number of hydrogen-bond acceptors (Lipinski definition) is 5. The lowest BCUT2D eigenvalue weighted by Crippen LogP contribution is -2.29. The predicted molar refractivity (Wildman–Crippen MR) is 96.6 cm³/mol. The Hall–Kier alpha value is -2.87. The summed E-state index contributed by atoms with van der Waals surface area (Å²) in [5, 5.41) is 19.9. The first kappa shape index (κ1) is 19.5. The van der Waals surface area contributed by atoms with Crippen molar-refractivity contribution in [3.63, 3.8) is 0 Å². The number of benzene rings is 1. The van der Waals surface area contributed by atoms with Crippen molar-refractivity contribution in [2.24, 2.45) is 0 Å². The number of hydrogen-bond donors (Lipinski definition) is 2. The van der Waals surface area contributed by atoms with Crippen LogP contribution in [-0.4, -0.2) is 54.1 Å². The fourth-order valence-corrected chi connectivity index (χ4v) is 2.64. The summed E-state index contributed by atoms with van der Waals surface area (Å²) in [6.45, 7) is 0.588. The Kier molecular flexibility index (Phi) is 6.35. The molecule has 1 aromatic heterocycles. The van der Waals surface area contributed by atoms with E-state index >= 15 is 0 Å². The summed E-state index contributed by atoms with van der Waals surface area (Å²) in [6.07, 6.45) is 2.61. The second-order valence-corrected chi connectivity index (χ2v) is 6.08. The molecule has 0 atom stereocenters. The highest BCUT2D eigenvalue weighted by Gasteiger charge is 2.15. The van der Waals surface area contributed by atoms with Gasteiger partial charge in [-0.1, -0.05) is 6.07 Å². The van der Waals surface area contributed by atoms with Crippen LogP contribution in [0.2, 0.25) is 0 Å². The van der Waals surface area contributed by atoms with E-state index in [1.54, 1.807) is 35.9 Å². The third-order valence-corrected chi connectivity index (χ3v) is 3.92. The first-order valence-corrected chi connectivity index (χ1v) is 8.20. The van der Waals surface area contributed by atoms with Crippen LogP contribution in [0, 0.1) is 0 Å². The van der Waals surface area contributed by atoms with E-state index in [-0.39, 0.29) is 18.6 Å². The highest BCUT2D eigenvalue weighted by Crippen LogP contribution is 2.16. The molecule has 0 aliphatic carbocycles. The number of rotatable bonds is 9. The van der Waals surface area contributed by atoms with E-state index in [4.69, 9.17) is 9.84 Å². The van der Waals surface area contributed by atoms with E-state index in [2.05, 4.69) is 0 Å². The molecule has 8 heteroatoms. The molecule has 1 aromatic carbocycles. The first-order chi connectivity index (χ1) is 12.3. The first-order valence-electron chi connectivity index (χ1n) is 8.20. The molecule has 0 amide bonds. The number of pyridine rings is 1. The molecule has 0 radical (unpaired) electrons.